The quantitative estimate of drug-likeness (QED) is 0.401. The maximum Gasteiger partial charge on any atom is 0.328 e. The molecule has 2 amide bonds. The summed E-state index contributed by atoms with van der Waals surface area (Å²) >= 11 is 0. The second-order valence-electron chi connectivity index (χ2n) is 13.5. The molecule has 1 saturated carbocycles. The Morgan fingerprint density at radius 1 is 1.07 bits per heavy atom. The molecule has 3 aromatic heterocycles. The van der Waals surface area contributed by atoms with Crippen LogP contribution in [0.2, 0.25) is 0 Å². The molecule has 12 nitrogen and oxygen atoms in total. The monoisotopic (exact) mass is 602 g/mol. The molecule has 6 rings (SSSR count). The van der Waals surface area contributed by atoms with Crippen LogP contribution < -0.4 is 10.6 Å². The average molecular weight is 603 g/mol. The van der Waals surface area contributed by atoms with Crippen molar-refractivity contribution in [2.75, 3.05) is 32.5 Å². The van der Waals surface area contributed by atoms with E-state index in [0.29, 0.717) is 36.0 Å². The lowest BCUT2D eigenvalue weighted by atomic mass is 9.94. The minimum absolute atomic E-state index is 0.0589. The summed E-state index contributed by atoms with van der Waals surface area (Å²) in [5.74, 6) is 0.312. The first kappa shape index (κ1) is 30.0. The summed E-state index contributed by atoms with van der Waals surface area (Å²) < 4.78 is 7.82. The summed E-state index contributed by atoms with van der Waals surface area (Å²) in [6.07, 6.45) is 9.82. The van der Waals surface area contributed by atoms with E-state index in [4.69, 9.17) is 9.72 Å². The molecule has 3 fully saturated rings. The molecule has 3 aromatic rings. The molecule has 44 heavy (non-hydrogen) atoms. The molecule has 12 heteroatoms. The van der Waals surface area contributed by atoms with Crippen molar-refractivity contribution < 1.29 is 19.1 Å². The van der Waals surface area contributed by atoms with Crippen LogP contribution in [0.4, 0.5) is 11.8 Å². The van der Waals surface area contributed by atoms with Crippen molar-refractivity contribution in [1.29, 1.82) is 0 Å². The summed E-state index contributed by atoms with van der Waals surface area (Å²) in [7, 11) is 3.51. The number of amides is 2. The van der Waals surface area contributed by atoms with Gasteiger partial charge in [0.25, 0.3) is 11.8 Å². The van der Waals surface area contributed by atoms with Crippen LogP contribution in [-0.4, -0.2) is 91.5 Å². The molecule has 0 radical (unpaired) electrons. The van der Waals surface area contributed by atoms with Gasteiger partial charge in [-0.25, -0.2) is 14.8 Å². The van der Waals surface area contributed by atoms with E-state index < -0.39 is 11.1 Å². The Bertz CT molecular complexity index is 1570. The molecule has 2 atom stereocenters. The van der Waals surface area contributed by atoms with Crippen LogP contribution in [0.25, 0.3) is 11.0 Å². The van der Waals surface area contributed by atoms with Crippen molar-refractivity contribution in [3.05, 3.63) is 41.9 Å². The number of esters is 1. The Morgan fingerprint density at radius 3 is 2.52 bits per heavy atom. The van der Waals surface area contributed by atoms with Crippen molar-refractivity contribution in [3.63, 3.8) is 0 Å². The Labute approximate surface area is 257 Å². The Balaban J connectivity index is 1.20. The summed E-state index contributed by atoms with van der Waals surface area (Å²) in [5.41, 5.74) is 0.261. The third-order valence-corrected chi connectivity index (χ3v) is 8.83. The van der Waals surface area contributed by atoms with Crippen molar-refractivity contribution >= 4 is 40.6 Å². The fourth-order valence-electron chi connectivity index (χ4n) is 6.67. The molecule has 2 N–H and O–H groups in total. The molecule has 2 aliphatic heterocycles. The van der Waals surface area contributed by atoms with Gasteiger partial charge >= 0.3 is 5.97 Å². The van der Waals surface area contributed by atoms with E-state index >= 15 is 0 Å². The van der Waals surface area contributed by atoms with E-state index in [-0.39, 0.29) is 36.4 Å². The van der Waals surface area contributed by atoms with E-state index in [0.717, 1.165) is 49.6 Å². The normalized spacial score (nSPS) is 22.2. The van der Waals surface area contributed by atoms with Crippen molar-refractivity contribution in [1.82, 2.24) is 34.6 Å². The number of carbonyl (C=O) groups is 3. The maximum absolute atomic E-state index is 13.6. The van der Waals surface area contributed by atoms with Crippen LogP contribution in [-0.2, 0) is 9.53 Å². The molecule has 2 unspecified atom stereocenters. The predicted molar refractivity (Wildman–Crippen MR) is 166 cm³/mol. The highest BCUT2D eigenvalue weighted by Gasteiger charge is 2.50. The Morgan fingerprint density at radius 2 is 1.84 bits per heavy atom. The van der Waals surface area contributed by atoms with Crippen LogP contribution in [0.5, 0.6) is 0 Å². The van der Waals surface area contributed by atoms with Gasteiger partial charge in [0, 0.05) is 57.0 Å². The molecular weight excluding hydrogens is 560 g/mol. The lowest BCUT2D eigenvalue weighted by molar-refractivity contribution is -0.163. The smallest absolute Gasteiger partial charge is 0.328 e. The summed E-state index contributed by atoms with van der Waals surface area (Å²) in [5, 5.41) is 7.45. The number of hydrogen-bond donors (Lipinski definition) is 2. The van der Waals surface area contributed by atoms with E-state index in [1.807, 2.05) is 26.8 Å². The number of rotatable bonds is 6. The number of likely N-dealkylation sites (tertiary alicyclic amines) is 1. The molecule has 234 valence electrons. The topological polar surface area (TPSA) is 135 Å². The van der Waals surface area contributed by atoms with Gasteiger partial charge in [0.2, 0.25) is 5.95 Å². The number of nitrogens with zero attached hydrogens (tertiary/aromatic N) is 6. The minimum Gasteiger partial charge on any atom is -0.459 e. The van der Waals surface area contributed by atoms with Crippen molar-refractivity contribution in [2.45, 2.75) is 88.9 Å². The molecule has 3 aliphatic rings. The van der Waals surface area contributed by atoms with Gasteiger partial charge in [-0.2, -0.15) is 4.98 Å². The minimum atomic E-state index is -0.901. The van der Waals surface area contributed by atoms with Gasteiger partial charge in [0.1, 0.15) is 28.3 Å². The summed E-state index contributed by atoms with van der Waals surface area (Å²) in [4.78, 5) is 56.9. The second kappa shape index (κ2) is 11.5. The number of pyridine rings is 1. The lowest BCUT2D eigenvalue weighted by Gasteiger charge is -2.34. The zero-order valence-corrected chi connectivity index (χ0v) is 26.2. The zero-order chi connectivity index (χ0) is 31.2. The van der Waals surface area contributed by atoms with Crippen molar-refractivity contribution in [3.8, 4) is 0 Å². The highest BCUT2D eigenvalue weighted by atomic mass is 16.6. The van der Waals surface area contributed by atoms with Crippen LogP contribution in [0.1, 0.15) is 92.6 Å². The number of hydrogen-bond acceptors (Lipinski definition) is 9. The molecule has 0 spiro atoms. The fraction of sp³-hybridized carbons (Fsp3) is 0.562. The van der Waals surface area contributed by atoms with E-state index in [1.165, 1.54) is 6.20 Å². The van der Waals surface area contributed by atoms with E-state index in [2.05, 4.69) is 25.2 Å². The SMILES string of the molecule is CN(C)C(=O)c1cc2cnc(Nc3ccc(C(=O)N4CCC5CCC(C(=O)OC(C)(C)C)(C4)N5)cn3)nc2n1C1CCCC1. The third kappa shape index (κ3) is 5.87. The molecule has 2 bridgehead atoms. The molecule has 2 saturated heterocycles. The number of fused-ring (bicyclic) bond motifs is 3. The van der Waals surface area contributed by atoms with Gasteiger partial charge in [0.05, 0.1) is 5.56 Å². The number of aromatic nitrogens is 4. The first-order valence-electron chi connectivity index (χ1n) is 15.6. The van der Waals surface area contributed by atoms with Gasteiger partial charge in [-0.3, -0.25) is 14.9 Å². The summed E-state index contributed by atoms with van der Waals surface area (Å²) in [6.45, 7) is 6.37. The fourth-order valence-corrected chi connectivity index (χ4v) is 6.67. The van der Waals surface area contributed by atoms with Crippen LogP contribution in [0.3, 0.4) is 0 Å². The summed E-state index contributed by atoms with van der Waals surface area (Å²) in [6, 6.07) is 5.71. The zero-order valence-electron chi connectivity index (χ0n) is 26.2. The van der Waals surface area contributed by atoms with Crippen LogP contribution in [0, 0.1) is 0 Å². The number of nitrogens with one attached hydrogen (secondary N) is 2. The number of anilines is 2. The first-order chi connectivity index (χ1) is 20.9. The van der Waals surface area contributed by atoms with Crippen molar-refractivity contribution in [2.24, 2.45) is 0 Å². The molecule has 1 aliphatic carbocycles. The molecule has 5 heterocycles. The second-order valence-corrected chi connectivity index (χ2v) is 13.5. The van der Waals surface area contributed by atoms with Gasteiger partial charge in [0.15, 0.2) is 0 Å². The van der Waals surface area contributed by atoms with Crippen LogP contribution >= 0.6 is 0 Å². The average Bonchev–Trinajstić information content (AvgIpc) is 3.69. The standard InChI is InChI=1S/C32H42N8O4/c1-31(2,3)44-29(43)32-14-12-22(37-32)13-15-39(19-32)27(41)20-10-11-25(33-17-20)35-30-34-18-21-16-24(28(42)38(4)5)40(26(21)36-30)23-8-6-7-9-23/h10-11,16-18,22-23,37H,6-9,12-15,19H2,1-5H3,(H,33,34,35,36). The highest BCUT2D eigenvalue weighted by molar-refractivity contribution is 5.98. The molecule has 0 aromatic carbocycles. The van der Waals surface area contributed by atoms with Crippen LogP contribution in [0.15, 0.2) is 30.6 Å². The Hall–Kier alpha value is -4.06. The first-order valence-corrected chi connectivity index (χ1v) is 15.6. The van der Waals surface area contributed by atoms with Gasteiger partial charge in [-0.05, 0) is 71.1 Å². The Kier molecular flexibility index (Phi) is 7.81. The van der Waals surface area contributed by atoms with Gasteiger partial charge in [-0.1, -0.05) is 12.8 Å². The van der Waals surface area contributed by atoms with Gasteiger partial charge < -0.3 is 24.4 Å². The third-order valence-electron chi connectivity index (χ3n) is 8.83. The largest absolute Gasteiger partial charge is 0.459 e. The lowest BCUT2D eigenvalue weighted by Crippen LogP contribution is -2.57. The maximum atomic E-state index is 13.6. The number of carbonyl (C=O) groups excluding carboxylic acids is 3. The molecular formula is C32H42N8O4. The van der Waals surface area contributed by atoms with E-state index in [1.54, 1.807) is 42.2 Å². The van der Waals surface area contributed by atoms with E-state index in [9.17, 15) is 14.4 Å². The van der Waals surface area contributed by atoms with Gasteiger partial charge in [-0.15, -0.1) is 0 Å². The highest BCUT2D eigenvalue weighted by Crippen LogP contribution is 2.35. The predicted octanol–water partition coefficient (Wildman–Crippen LogP) is 4.07. The number of ether oxygens (including phenoxy) is 1.